The molecule has 0 unspecified atom stereocenters. The third kappa shape index (κ3) is 4.85. The van der Waals surface area contributed by atoms with Crippen LogP contribution in [0.2, 0.25) is 0 Å². The van der Waals surface area contributed by atoms with Crippen molar-refractivity contribution in [3.63, 3.8) is 0 Å². The van der Waals surface area contributed by atoms with Crippen molar-refractivity contribution < 1.29 is 14.4 Å². The highest BCUT2D eigenvalue weighted by Crippen LogP contribution is 2.42. The molecule has 0 saturated carbocycles. The van der Waals surface area contributed by atoms with E-state index in [-0.39, 0.29) is 11.8 Å². The van der Waals surface area contributed by atoms with Gasteiger partial charge in [0.2, 0.25) is 11.8 Å². The first-order chi connectivity index (χ1) is 17.2. The smallest absolute Gasteiger partial charge is 0.267 e. The number of amides is 3. The van der Waals surface area contributed by atoms with Crippen LogP contribution in [0.5, 0.6) is 0 Å². The Morgan fingerprint density at radius 2 is 1.61 bits per heavy atom. The van der Waals surface area contributed by atoms with Gasteiger partial charge >= 0.3 is 0 Å². The first-order valence-electron chi connectivity index (χ1n) is 11.5. The minimum absolute atomic E-state index is 0.0236. The molecule has 0 fully saturated rings. The van der Waals surface area contributed by atoms with Gasteiger partial charge in [0.05, 0.1) is 23.5 Å². The lowest BCUT2D eigenvalue weighted by Gasteiger charge is -2.20. The topological polar surface area (TPSA) is 99.0 Å². The fraction of sp³-hybridized carbons (Fsp3) is 0.179. The Kier molecular flexibility index (Phi) is 6.89. The third-order valence-electron chi connectivity index (χ3n) is 5.93. The number of nitrogens with one attached hydrogen (secondary N) is 1. The second kappa shape index (κ2) is 10.1. The molecule has 8 heteroatoms. The lowest BCUT2D eigenvalue weighted by atomic mass is 10.00. The molecule has 8 nitrogen and oxygen atoms in total. The second-order valence-electron chi connectivity index (χ2n) is 8.91. The first kappa shape index (κ1) is 24.7. The highest BCUT2D eigenvalue weighted by Gasteiger charge is 2.37. The van der Waals surface area contributed by atoms with Crippen molar-refractivity contribution in [1.82, 2.24) is 4.90 Å². The molecule has 0 saturated heterocycles. The summed E-state index contributed by atoms with van der Waals surface area (Å²) in [6.45, 7) is 1.66. The Labute approximate surface area is 210 Å². The number of imide groups is 1. The number of benzene rings is 3. The van der Waals surface area contributed by atoms with Gasteiger partial charge in [-0.2, -0.15) is 0 Å². The number of anilines is 4. The number of carbonyl (C=O) groups is 3. The Morgan fingerprint density at radius 3 is 2.22 bits per heavy atom. The number of hydrogen-bond donors (Lipinski definition) is 2. The maximum Gasteiger partial charge on any atom is 0.267 e. The maximum atomic E-state index is 13.5. The van der Waals surface area contributed by atoms with Crippen molar-refractivity contribution in [1.29, 1.82) is 0 Å². The van der Waals surface area contributed by atoms with Crippen LogP contribution in [0.1, 0.15) is 18.1 Å². The van der Waals surface area contributed by atoms with Crippen LogP contribution in [0, 0.1) is 0 Å². The minimum atomic E-state index is -0.417. The molecule has 184 valence electrons. The summed E-state index contributed by atoms with van der Waals surface area (Å²) >= 11 is 0. The molecule has 1 heterocycles. The molecule has 3 N–H and O–H groups in total. The van der Waals surface area contributed by atoms with E-state index in [1.54, 1.807) is 30.1 Å². The average Bonchev–Trinajstić information content (AvgIpc) is 3.13. The predicted molar refractivity (Wildman–Crippen MR) is 144 cm³/mol. The largest absolute Gasteiger partial charge is 0.399 e. The van der Waals surface area contributed by atoms with Gasteiger partial charge in [-0.1, -0.05) is 30.3 Å². The summed E-state index contributed by atoms with van der Waals surface area (Å²) in [4.78, 5) is 42.9. The van der Waals surface area contributed by atoms with Gasteiger partial charge in [0.1, 0.15) is 0 Å². The normalized spacial score (nSPS) is 14.0. The number of likely N-dealkylation sites (N-methyl/N-ethyl adjacent to an activating group) is 2. The zero-order valence-corrected chi connectivity index (χ0v) is 20.8. The van der Waals surface area contributed by atoms with Gasteiger partial charge in [0.25, 0.3) is 5.91 Å². The van der Waals surface area contributed by atoms with E-state index in [2.05, 4.69) is 5.32 Å². The maximum absolute atomic E-state index is 13.5. The molecular weight excluding hydrogens is 454 g/mol. The standard InChI is InChI=1S/C28H29N5O3/c1-18(34)33-24-16-20(29)10-15-23(24)26(28(33)36)27(19-8-6-5-7-9-19)30-21-11-13-22(14-12-21)32(4)25(35)17-31(2)3/h5-16,30H,17,29H2,1-4H3/b27-26-. The van der Waals surface area contributed by atoms with Gasteiger partial charge in [0.15, 0.2) is 0 Å². The summed E-state index contributed by atoms with van der Waals surface area (Å²) < 4.78 is 0. The van der Waals surface area contributed by atoms with Crippen molar-refractivity contribution in [2.75, 3.05) is 48.5 Å². The van der Waals surface area contributed by atoms with Crippen LogP contribution in [0.15, 0.2) is 72.8 Å². The van der Waals surface area contributed by atoms with E-state index in [0.29, 0.717) is 34.8 Å². The van der Waals surface area contributed by atoms with Crippen LogP contribution in [0.3, 0.4) is 0 Å². The number of fused-ring (bicyclic) bond motifs is 1. The summed E-state index contributed by atoms with van der Waals surface area (Å²) in [7, 11) is 5.44. The highest BCUT2D eigenvalue weighted by atomic mass is 16.2. The molecule has 1 aliphatic rings. The monoisotopic (exact) mass is 483 g/mol. The Hall–Kier alpha value is -4.43. The van der Waals surface area contributed by atoms with E-state index in [9.17, 15) is 14.4 Å². The van der Waals surface area contributed by atoms with Crippen molar-refractivity contribution in [2.24, 2.45) is 0 Å². The molecule has 4 rings (SSSR count). The number of carbonyl (C=O) groups excluding carboxylic acids is 3. The molecule has 0 aliphatic carbocycles. The summed E-state index contributed by atoms with van der Waals surface area (Å²) in [5.74, 6) is -0.825. The molecule has 1 aliphatic heterocycles. The van der Waals surface area contributed by atoms with E-state index in [0.717, 1.165) is 21.8 Å². The Balaban J connectivity index is 1.77. The molecule has 0 radical (unpaired) electrons. The van der Waals surface area contributed by atoms with Crippen LogP contribution in [0.4, 0.5) is 22.7 Å². The van der Waals surface area contributed by atoms with Crippen LogP contribution >= 0.6 is 0 Å². The summed E-state index contributed by atoms with van der Waals surface area (Å²) in [6, 6.07) is 22.0. The van der Waals surface area contributed by atoms with Gasteiger partial charge < -0.3 is 20.9 Å². The van der Waals surface area contributed by atoms with E-state index < -0.39 is 5.91 Å². The number of hydrogen-bond acceptors (Lipinski definition) is 6. The molecule has 0 spiro atoms. The molecule has 0 bridgehead atoms. The quantitative estimate of drug-likeness (QED) is 0.410. The number of nitrogens with zero attached hydrogens (tertiary/aromatic N) is 3. The summed E-state index contributed by atoms with van der Waals surface area (Å²) in [5, 5.41) is 3.39. The van der Waals surface area contributed by atoms with Gasteiger partial charge in [-0.15, -0.1) is 0 Å². The number of nitrogens with two attached hydrogens (primary N) is 1. The zero-order valence-electron chi connectivity index (χ0n) is 20.8. The van der Waals surface area contributed by atoms with Crippen molar-refractivity contribution in [2.45, 2.75) is 6.92 Å². The summed E-state index contributed by atoms with van der Waals surface area (Å²) in [5.41, 5.74) is 10.7. The SMILES string of the molecule is CC(=O)N1C(=O)/C(=C(\Nc2ccc(N(C)C(=O)CN(C)C)cc2)c2ccccc2)c2ccc(N)cc21. The zero-order chi connectivity index (χ0) is 26.0. The minimum Gasteiger partial charge on any atom is -0.399 e. The fourth-order valence-corrected chi connectivity index (χ4v) is 4.15. The first-order valence-corrected chi connectivity index (χ1v) is 11.5. The molecular formula is C28H29N5O3. The lowest BCUT2D eigenvalue weighted by Crippen LogP contribution is -2.34. The third-order valence-corrected chi connectivity index (χ3v) is 5.93. The van der Waals surface area contributed by atoms with Gasteiger partial charge in [-0.25, -0.2) is 4.90 Å². The second-order valence-corrected chi connectivity index (χ2v) is 8.91. The molecule has 0 atom stereocenters. The van der Waals surface area contributed by atoms with Crippen molar-refractivity contribution >= 4 is 51.7 Å². The van der Waals surface area contributed by atoms with E-state index in [1.807, 2.05) is 73.6 Å². The van der Waals surface area contributed by atoms with Crippen LogP contribution in [-0.2, 0) is 14.4 Å². The summed E-state index contributed by atoms with van der Waals surface area (Å²) in [6.07, 6.45) is 0. The molecule has 3 aromatic carbocycles. The Morgan fingerprint density at radius 1 is 0.944 bits per heavy atom. The highest BCUT2D eigenvalue weighted by molar-refractivity contribution is 6.43. The fourth-order valence-electron chi connectivity index (χ4n) is 4.15. The Bertz CT molecular complexity index is 1350. The van der Waals surface area contributed by atoms with Crippen LogP contribution in [-0.4, -0.2) is 50.3 Å². The average molecular weight is 484 g/mol. The van der Waals surface area contributed by atoms with Gasteiger partial charge in [0, 0.05) is 36.6 Å². The molecule has 3 amide bonds. The number of nitrogen functional groups attached to an aromatic ring is 1. The van der Waals surface area contributed by atoms with Crippen molar-refractivity contribution in [3.05, 3.63) is 83.9 Å². The molecule has 0 aromatic heterocycles. The molecule has 3 aromatic rings. The predicted octanol–water partition coefficient (Wildman–Crippen LogP) is 3.67. The van der Waals surface area contributed by atoms with Crippen molar-refractivity contribution in [3.8, 4) is 0 Å². The molecule has 36 heavy (non-hydrogen) atoms. The van der Waals surface area contributed by atoms with Crippen LogP contribution < -0.4 is 20.9 Å². The van der Waals surface area contributed by atoms with E-state index in [4.69, 9.17) is 5.73 Å². The lowest BCUT2D eigenvalue weighted by molar-refractivity contribution is -0.122. The van der Waals surface area contributed by atoms with Gasteiger partial charge in [-0.3, -0.25) is 14.4 Å². The van der Waals surface area contributed by atoms with Gasteiger partial charge in [-0.05, 0) is 62.1 Å². The van der Waals surface area contributed by atoms with Crippen LogP contribution in [0.25, 0.3) is 11.3 Å². The van der Waals surface area contributed by atoms with E-state index >= 15 is 0 Å². The number of rotatable bonds is 6. The van der Waals surface area contributed by atoms with E-state index in [1.165, 1.54) is 6.92 Å².